The summed E-state index contributed by atoms with van der Waals surface area (Å²) in [5.74, 6) is -0.323. The number of hydrogen-bond donors (Lipinski definition) is 2. The number of fused-ring (bicyclic) bond motifs is 1. The van der Waals surface area contributed by atoms with Gasteiger partial charge in [0.1, 0.15) is 5.69 Å². The van der Waals surface area contributed by atoms with Crippen molar-refractivity contribution in [1.29, 1.82) is 0 Å². The summed E-state index contributed by atoms with van der Waals surface area (Å²) in [5.41, 5.74) is 6.34. The molecule has 0 unspecified atom stereocenters. The number of aromatic nitrogens is 3. The smallest absolute Gasteiger partial charge is 0.191 e. The second kappa shape index (κ2) is 6.94. The Kier molecular flexibility index (Phi) is 4.47. The predicted molar refractivity (Wildman–Crippen MR) is 103 cm³/mol. The molecule has 0 atom stereocenters. The van der Waals surface area contributed by atoms with Gasteiger partial charge >= 0.3 is 0 Å². The van der Waals surface area contributed by atoms with Crippen LogP contribution in [0, 0.1) is 5.82 Å². The fourth-order valence-electron chi connectivity index (χ4n) is 3.41. The van der Waals surface area contributed by atoms with E-state index in [1.807, 2.05) is 15.3 Å². The minimum atomic E-state index is -0.646. The maximum absolute atomic E-state index is 15.0. The highest BCUT2D eigenvalue weighted by molar-refractivity contribution is 6.00. The average molecular weight is 371 g/mol. The molecule has 0 aliphatic heterocycles. The number of nitrogen functional groups attached to an aromatic ring is 1. The summed E-state index contributed by atoms with van der Waals surface area (Å²) in [5, 5.41) is 3.29. The van der Waals surface area contributed by atoms with E-state index < -0.39 is 5.82 Å². The lowest BCUT2D eigenvalue weighted by Gasteiger charge is -2.19. The maximum Gasteiger partial charge on any atom is 0.191 e. The normalized spacial score (nSPS) is 13.9. The highest BCUT2D eigenvalue weighted by atomic mass is 19.1. The van der Waals surface area contributed by atoms with E-state index in [9.17, 15) is 9.18 Å². The summed E-state index contributed by atoms with van der Waals surface area (Å²) in [6, 6.07) is 1.73. The molecule has 1 aromatic carbocycles. The predicted octanol–water partition coefficient (Wildman–Crippen LogP) is 2.77. The van der Waals surface area contributed by atoms with Crippen molar-refractivity contribution in [3.05, 3.63) is 47.0 Å². The van der Waals surface area contributed by atoms with Crippen LogP contribution in [0.4, 0.5) is 15.8 Å². The van der Waals surface area contributed by atoms with Gasteiger partial charge in [-0.15, -0.1) is 0 Å². The lowest BCUT2D eigenvalue weighted by Crippen LogP contribution is -2.15. The number of aryl methyl sites for hydroxylation is 1. The van der Waals surface area contributed by atoms with Gasteiger partial charge in [0.15, 0.2) is 17.0 Å². The van der Waals surface area contributed by atoms with Gasteiger partial charge in [-0.3, -0.25) is 4.79 Å². The summed E-state index contributed by atoms with van der Waals surface area (Å²) in [6.07, 6.45) is 9.88. The Bertz CT molecular complexity index is 1020. The number of rotatable bonds is 7. The Morgan fingerprint density at radius 2 is 2.22 bits per heavy atom. The summed E-state index contributed by atoms with van der Waals surface area (Å²) >= 11 is 0. The Hall–Kier alpha value is -3.03. The second-order valence-electron chi connectivity index (χ2n) is 6.76. The minimum absolute atomic E-state index is 0.136. The van der Waals surface area contributed by atoms with Crippen molar-refractivity contribution < 1.29 is 9.13 Å². The zero-order chi connectivity index (χ0) is 19.0. The summed E-state index contributed by atoms with van der Waals surface area (Å²) < 4.78 is 24.4. The van der Waals surface area contributed by atoms with Crippen molar-refractivity contribution in [3.8, 4) is 5.75 Å². The molecule has 0 spiro atoms. The van der Waals surface area contributed by atoms with E-state index >= 15 is 0 Å². The van der Waals surface area contributed by atoms with Crippen LogP contribution in [0.3, 0.4) is 0 Å². The van der Waals surface area contributed by atoms with Crippen molar-refractivity contribution >= 4 is 22.3 Å². The van der Waals surface area contributed by atoms with E-state index in [2.05, 4.69) is 10.3 Å². The SMILES string of the molecule is COc1c(NCCCn2ccnc2)c(F)c(N)c2c(=O)ccn(C3CC3)c12. The standard InChI is InChI=1S/C19H22FN5O2/c1-27-19-17(23-6-2-8-24-10-7-22-11-24)15(20)16(21)14-13(26)5-9-25(18(14)19)12-3-4-12/h5,7,9-12,23H,2-4,6,8,21H2,1H3. The molecule has 0 saturated heterocycles. The molecule has 7 nitrogen and oxygen atoms in total. The van der Waals surface area contributed by atoms with Gasteiger partial charge in [0.25, 0.3) is 0 Å². The molecule has 2 heterocycles. The van der Waals surface area contributed by atoms with Crippen LogP contribution in [0.1, 0.15) is 25.3 Å². The fraction of sp³-hybridized carbons (Fsp3) is 0.368. The number of imidazole rings is 1. The van der Waals surface area contributed by atoms with Gasteiger partial charge in [0.05, 0.1) is 30.0 Å². The number of benzene rings is 1. The third-order valence-electron chi connectivity index (χ3n) is 4.89. The number of nitrogens with two attached hydrogens (primary N) is 1. The number of pyridine rings is 1. The molecule has 142 valence electrons. The van der Waals surface area contributed by atoms with Crippen LogP contribution in [0.2, 0.25) is 0 Å². The van der Waals surface area contributed by atoms with Crippen LogP contribution in [-0.4, -0.2) is 27.8 Å². The summed E-state index contributed by atoms with van der Waals surface area (Å²) in [4.78, 5) is 16.4. The van der Waals surface area contributed by atoms with Gasteiger partial charge in [-0.1, -0.05) is 0 Å². The first-order valence-electron chi connectivity index (χ1n) is 9.01. The van der Waals surface area contributed by atoms with E-state index in [1.54, 1.807) is 18.7 Å². The molecule has 0 radical (unpaired) electrons. The average Bonchev–Trinajstić information content (AvgIpc) is 3.38. The van der Waals surface area contributed by atoms with Gasteiger partial charge in [-0.25, -0.2) is 9.37 Å². The zero-order valence-electron chi connectivity index (χ0n) is 15.1. The Morgan fingerprint density at radius 1 is 1.41 bits per heavy atom. The fourth-order valence-corrected chi connectivity index (χ4v) is 3.41. The van der Waals surface area contributed by atoms with Crippen molar-refractivity contribution in [2.45, 2.75) is 31.8 Å². The molecular formula is C19H22FN5O2. The third kappa shape index (κ3) is 3.11. The van der Waals surface area contributed by atoms with E-state index in [1.165, 1.54) is 13.2 Å². The molecule has 27 heavy (non-hydrogen) atoms. The zero-order valence-corrected chi connectivity index (χ0v) is 15.1. The van der Waals surface area contributed by atoms with Gasteiger partial charge in [0, 0.05) is 43.8 Å². The van der Waals surface area contributed by atoms with E-state index in [0.29, 0.717) is 23.9 Å². The molecule has 4 rings (SSSR count). The second-order valence-corrected chi connectivity index (χ2v) is 6.76. The van der Waals surface area contributed by atoms with Gasteiger partial charge in [-0.2, -0.15) is 0 Å². The molecule has 1 aliphatic rings. The molecule has 0 bridgehead atoms. The quantitative estimate of drug-likeness (QED) is 0.493. The van der Waals surface area contributed by atoms with Crippen LogP contribution in [-0.2, 0) is 6.54 Å². The molecule has 8 heteroatoms. The molecular weight excluding hydrogens is 349 g/mol. The largest absolute Gasteiger partial charge is 0.492 e. The lowest BCUT2D eigenvalue weighted by molar-refractivity contribution is 0.415. The van der Waals surface area contributed by atoms with E-state index in [-0.39, 0.29) is 22.2 Å². The Labute approximate surface area is 155 Å². The molecule has 0 amide bonds. The first-order chi connectivity index (χ1) is 13.1. The highest BCUT2D eigenvalue weighted by Crippen LogP contribution is 2.44. The number of ether oxygens (including phenoxy) is 1. The highest BCUT2D eigenvalue weighted by Gasteiger charge is 2.29. The number of hydrogen-bond acceptors (Lipinski definition) is 5. The Balaban J connectivity index is 1.72. The third-order valence-corrected chi connectivity index (χ3v) is 4.89. The molecule has 1 saturated carbocycles. The number of nitrogens with zero attached hydrogens (tertiary/aromatic N) is 3. The Morgan fingerprint density at radius 3 is 2.89 bits per heavy atom. The van der Waals surface area contributed by atoms with Crippen LogP contribution < -0.4 is 21.2 Å². The van der Waals surface area contributed by atoms with Gasteiger partial charge < -0.3 is 24.9 Å². The van der Waals surface area contributed by atoms with Crippen LogP contribution in [0.25, 0.3) is 10.9 Å². The first kappa shape index (κ1) is 17.4. The van der Waals surface area contributed by atoms with Gasteiger partial charge in [0.2, 0.25) is 0 Å². The van der Waals surface area contributed by atoms with Crippen molar-refractivity contribution in [2.24, 2.45) is 0 Å². The lowest BCUT2D eigenvalue weighted by atomic mass is 10.1. The molecule has 1 fully saturated rings. The van der Waals surface area contributed by atoms with E-state index in [0.717, 1.165) is 25.8 Å². The molecule has 3 N–H and O–H groups in total. The van der Waals surface area contributed by atoms with Gasteiger partial charge in [-0.05, 0) is 19.3 Å². The topological polar surface area (TPSA) is 87.1 Å². The monoisotopic (exact) mass is 371 g/mol. The molecule has 3 aromatic rings. The van der Waals surface area contributed by atoms with Crippen LogP contribution in [0.15, 0.2) is 35.8 Å². The van der Waals surface area contributed by atoms with Crippen molar-refractivity contribution in [1.82, 2.24) is 14.1 Å². The van der Waals surface area contributed by atoms with Crippen LogP contribution in [0.5, 0.6) is 5.75 Å². The summed E-state index contributed by atoms with van der Waals surface area (Å²) in [6.45, 7) is 1.28. The van der Waals surface area contributed by atoms with E-state index in [4.69, 9.17) is 10.5 Å². The maximum atomic E-state index is 15.0. The number of anilines is 2. The number of nitrogens with one attached hydrogen (secondary N) is 1. The van der Waals surface area contributed by atoms with Crippen molar-refractivity contribution in [2.75, 3.05) is 24.7 Å². The molecule has 1 aliphatic carbocycles. The number of methoxy groups -OCH3 is 1. The minimum Gasteiger partial charge on any atom is -0.492 e. The summed E-state index contributed by atoms with van der Waals surface area (Å²) in [7, 11) is 1.48. The first-order valence-corrected chi connectivity index (χ1v) is 9.01. The molecule has 2 aromatic heterocycles. The van der Waals surface area contributed by atoms with Crippen molar-refractivity contribution in [3.63, 3.8) is 0 Å². The van der Waals surface area contributed by atoms with Crippen LogP contribution >= 0.6 is 0 Å². The number of halogens is 1.